The molecule has 0 amide bonds. The van der Waals surface area contributed by atoms with E-state index in [0.29, 0.717) is 17.7 Å². The number of halogens is 1. The first kappa shape index (κ1) is 15.2. The number of anilines is 1. The lowest BCUT2D eigenvalue weighted by molar-refractivity contribution is -0.139. The number of methoxy groups -OCH3 is 1. The van der Waals surface area contributed by atoms with E-state index in [4.69, 9.17) is 17.3 Å². The van der Waals surface area contributed by atoms with Gasteiger partial charge < -0.3 is 15.0 Å². The first-order chi connectivity index (χ1) is 11.1. The monoisotopic (exact) mass is 331 g/mol. The molecule has 3 rings (SSSR count). The molecule has 7 nitrogen and oxygen atoms in total. The summed E-state index contributed by atoms with van der Waals surface area (Å²) in [5, 5.41) is 0.227. The van der Waals surface area contributed by atoms with E-state index in [1.54, 1.807) is 6.33 Å². The van der Waals surface area contributed by atoms with Crippen LogP contribution < -0.4 is 5.73 Å². The zero-order valence-electron chi connectivity index (χ0n) is 12.4. The van der Waals surface area contributed by atoms with Crippen LogP contribution in [0, 0.1) is 0 Å². The molecule has 1 aromatic carbocycles. The Hall–Kier alpha value is -2.67. The zero-order chi connectivity index (χ0) is 16.4. The normalized spacial score (nSPS) is 10.9. The quantitative estimate of drug-likeness (QED) is 0.578. The van der Waals surface area contributed by atoms with Gasteiger partial charge in [0.25, 0.3) is 0 Å². The summed E-state index contributed by atoms with van der Waals surface area (Å²) in [6.45, 7) is 0.526. The van der Waals surface area contributed by atoms with Crippen molar-refractivity contribution in [3.05, 3.63) is 46.9 Å². The molecule has 0 saturated carbocycles. The van der Waals surface area contributed by atoms with Crippen LogP contribution in [0.25, 0.3) is 11.2 Å². The molecule has 0 aliphatic rings. The van der Waals surface area contributed by atoms with Gasteiger partial charge in [0.1, 0.15) is 5.52 Å². The molecule has 0 spiro atoms. The summed E-state index contributed by atoms with van der Waals surface area (Å²) in [7, 11) is 1.37. The number of hydrogen-bond donors (Lipinski definition) is 1. The van der Waals surface area contributed by atoms with Crippen LogP contribution in [-0.4, -0.2) is 32.6 Å². The third-order valence-corrected chi connectivity index (χ3v) is 3.62. The lowest BCUT2D eigenvalue weighted by Gasteiger charge is -2.07. The van der Waals surface area contributed by atoms with Crippen LogP contribution in [0.4, 0.5) is 5.95 Å². The highest BCUT2D eigenvalue weighted by molar-refractivity contribution is 6.33. The van der Waals surface area contributed by atoms with Crippen molar-refractivity contribution in [1.82, 2.24) is 19.5 Å². The van der Waals surface area contributed by atoms with Crippen molar-refractivity contribution in [2.75, 3.05) is 12.8 Å². The fraction of sp³-hybridized carbons (Fsp3) is 0.200. The lowest BCUT2D eigenvalue weighted by Crippen LogP contribution is -2.06. The molecule has 2 heterocycles. The minimum Gasteiger partial charge on any atom is -0.469 e. The Kier molecular flexibility index (Phi) is 4.12. The number of hydrogen-bond acceptors (Lipinski definition) is 6. The number of ether oxygens (including phenoxy) is 1. The minimum atomic E-state index is -0.275. The van der Waals surface area contributed by atoms with Crippen LogP contribution in [0.3, 0.4) is 0 Å². The van der Waals surface area contributed by atoms with Gasteiger partial charge in [-0.2, -0.15) is 9.97 Å². The van der Waals surface area contributed by atoms with E-state index in [2.05, 4.69) is 19.7 Å². The van der Waals surface area contributed by atoms with Gasteiger partial charge in [-0.15, -0.1) is 0 Å². The molecule has 8 heteroatoms. The van der Waals surface area contributed by atoms with Crippen molar-refractivity contribution in [1.29, 1.82) is 0 Å². The summed E-state index contributed by atoms with van der Waals surface area (Å²) in [6.07, 6.45) is 1.87. The van der Waals surface area contributed by atoms with E-state index in [0.717, 1.165) is 11.1 Å². The second-order valence-corrected chi connectivity index (χ2v) is 5.35. The Morgan fingerprint density at radius 1 is 1.35 bits per heavy atom. The maximum Gasteiger partial charge on any atom is 0.309 e. The summed E-state index contributed by atoms with van der Waals surface area (Å²) in [6, 6.07) is 7.67. The van der Waals surface area contributed by atoms with Gasteiger partial charge in [0.15, 0.2) is 10.8 Å². The number of rotatable bonds is 4. The van der Waals surface area contributed by atoms with Crippen LogP contribution in [0.1, 0.15) is 11.1 Å². The van der Waals surface area contributed by atoms with Gasteiger partial charge in [-0.1, -0.05) is 35.9 Å². The van der Waals surface area contributed by atoms with Crippen LogP contribution >= 0.6 is 11.6 Å². The number of esters is 1. The summed E-state index contributed by atoms with van der Waals surface area (Å²) < 4.78 is 6.51. The predicted octanol–water partition coefficient (Wildman–Crippen LogP) is 1.83. The average molecular weight is 332 g/mol. The number of imidazole rings is 1. The summed E-state index contributed by atoms with van der Waals surface area (Å²) >= 11 is 6.02. The van der Waals surface area contributed by atoms with Crippen molar-refractivity contribution in [2.45, 2.75) is 13.0 Å². The van der Waals surface area contributed by atoms with Gasteiger partial charge in [0.05, 0.1) is 26.4 Å². The highest BCUT2D eigenvalue weighted by atomic mass is 35.5. The molecule has 0 aliphatic carbocycles. The smallest absolute Gasteiger partial charge is 0.309 e. The Balaban J connectivity index is 1.90. The summed E-state index contributed by atoms with van der Waals surface area (Å²) in [5.74, 6) is -0.175. The van der Waals surface area contributed by atoms with Crippen molar-refractivity contribution in [3.8, 4) is 0 Å². The van der Waals surface area contributed by atoms with Gasteiger partial charge in [-0.3, -0.25) is 4.79 Å². The second kappa shape index (κ2) is 6.21. The molecule has 0 saturated heterocycles. The number of carbonyl (C=O) groups excluding carboxylic acids is 1. The average Bonchev–Trinajstić information content (AvgIpc) is 2.91. The highest BCUT2D eigenvalue weighted by Crippen LogP contribution is 2.20. The molecule has 2 aromatic heterocycles. The Morgan fingerprint density at radius 2 is 2.13 bits per heavy atom. The van der Waals surface area contributed by atoms with Crippen LogP contribution in [0.2, 0.25) is 5.15 Å². The van der Waals surface area contributed by atoms with E-state index in [1.807, 2.05) is 28.8 Å². The molecule has 23 heavy (non-hydrogen) atoms. The maximum absolute atomic E-state index is 11.4. The number of aromatic nitrogens is 4. The summed E-state index contributed by atoms with van der Waals surface area (Å²) in [5.41, 5.74) is 8.60. The van der Waals surface area contributed by atoms with Gasteiger partial charge in [-0.25, -0.2) is 4.98 Å². The first-order valence-electron chi connectivity index (χ1n) is 6.85. The van der Waals surface area contributed by atoms with Gasteiger partial charge in [-0.05, 0) is 11.1 Å². The molecular weight excluding hydrogens is 318 g/mol. The molecule has 0 radical (unpaired) electrons. The zero-order valence-corrected chi connectivity index (χ0v) is 13.1. The highest BCUT2D eigenvalue weighted by Gasteiger charge is 2.11. The third-order valence-electron chi connectivity index (χ3n) is 3.36. The molecule has 0 atom stereocenters. The summed E-state index contributed by atoms with van der Waals surface area (Å²) in [4.78, 5) is 23.7. The topological polar surface area (TPSA) is 95.9 Å². The number of benzene rings is 1. The first-order valence-corrected chi connectivity index (χ1v) is 7.23. The van der Waals surface area contributed by atoms with E-state index >= 15 is 0 Å². The van der Waals surface area contributed by atoms with Gasteiger partial charge in [0, 0.05) is 0 Å². The SMILES string of the molecule is COC(=O)Cc1cccc(Cn2cnc3c(Cl)nc(N)nc32)c1. The van der Waals surface area contributed by atoms with Crippen molar-refractivity contribution >= 4 is 34.7 Å². The van der Waals surface area contributed by atoms with Gasteiger partial charge >= 0.3 is 5.97 Å². The standard InChI is InChI=1S/C15H14ClN5O2/c1-23-11(22)6-9-3-2-4-10(5-9)7-21-8-18-12-13(16)19-15(17)20-14(12)21/h2-5,8H,6-7H2,1H3,(H2,17,19,20). The molecule has 0 aliphatic heterocycles. The molecule has 0 bridgehead atoms. The van der Waals surface area contributed by atoms with E-state index in [1.165, 1.54) is 7.11 Å². The van der Waals surface area contributed by atoms with Crippen molar-refractivity contribution < 1.29 is 9.53 Å². The molecule has 0 unspecified atom stereocenters. The number of nitrogen functional groups attached to an aromatic ring is 1. The predicted molar refractivity (Wildman–Crippen MR) is 86.0 cm³/mol. The minimum absolute atomic E-state index is 0.101. The van der Waals surface area contributed by atoms with E-state index < -0.39 is 0 Å². The maximum atomic E-state index is 11.4. The fourth-order valence-corrected chi connectivity index (χ4v) is 2.53. The van der Waals surface area contributed by atoms with Crippen molar-refractivity contribution in [2.24, 2.45) is 0 Å². The fourth-order valence-electron chi connectivity index (χ4n) is 2.31. The Bertz CT molecular complexity index is 877. The van der Waals surface area contributed by atoms with Crippen LogP contribution in [-0.2, 0) is 22.5 Å². The third kappa shape index (κ3) is 3.24. The number of nitrogens with zero attached hydrogens (tertiary/aromatic N) is 4. The van der Waals surface area contributed by atoms with E-state index in [9.17, 15) is 4.79 Å². The molecule has 0 fully saturated rings. The van der Waals surface area contributed by atoms with E-state index in [-0.39, 0.29) is 23.5 Å². The lowest BCUT2D eigenvalue weighted by atomic mass is 10.1. The van der Waals surface area contributed by atoms with Crippen LogP contribution in [0.15, 0.2) is 30.6 Å². The largest absolute Gasteiger partial charge is 0.469 e. The van der Waals surface area contributed by atoms with Gasteiger partial charge in [0.2, 0.25) is 5.95 Å². The molecular formula is C15H14ClN5O2. The molecule has 118 valence electrons. The number of nitrogens with two attached hydrogens (primary N) is 1. The molecule has 2 N–H and O–H groups in total. The van der Waals surface area contributed by atoms with Crippen molar-refractivity contribution in [3.63, 3.8) is 0 Å². The molecule has 3 aromatic rings. The van der Waals surface area contributed by atoms with Crippen LogP contribution in [0.5, 0.6) is 0 Å². The number of carbonyl (C=O) groups is 1. The Labute approximate surface area is 137 Å². The second-order valence-electron chi connectivity index (χ2n) is 4.99. The number of fused-ring (bicyclic) bond motifs is 1. The Morgan fingerprint density at radius 3 is 2.91 bits per heavy atom.